The van der Waals surface area contributed by atoms with Gasteiger partial charge in [-0.25, -0.2) is 14.4 Å². The van der Waals surface area contributed by atoms with Crippen LogP contribution in [0.15, 0.2) is 164 Å². The largest absolute Gasteiger partial charge is 0.459 e. The number of ether oxygens (including phenoxy) is 8. The van der Waals surface area contributed by atoms with Gasteiger partial charge in [0.25, 0.3) is 0 Å². The monoisotopic (exact) mass is 991 g/mol. The number of carbonyl (C=O) groups is 3. The molecule has 0 aromatic heterocycles. The Labute approximate surface area is 429 Å². The van der Waals surface area contributed by atoms with Gasteiger partial charge >= 0.3 is 18.0 Å². The average Bonchev–Trinajstić information content (AvgIpc) is 3.76. The summed E-state index contributed by atoms with van der Waals surface area (Å²) >= 11 is 0. The normalized spacial score (nSPS) is 23.1. The van der Waals surface area contributed by atoms with E-state index in [0.717, 1.165) is 40.3 Å². The van der Waals surface area contributed by atoms with E-state index in [2.05, 4.69) is 44.2 Å². The number of amides is 1. The van der Waals surface area contributed by atoms with E-state index in [4.69, 9.17) is 37.9 Å². The number of esters is 2. The Balaban J connectivity index is 0.973. The summed E-state index contributed by atoms with van der Waals surface area (Å²) in [5, 5.41) is 2.27. The maximum absolute atomic E-state index is 14.0. The van der Waals surface area contributed by atoms with Crippen LogP contribution in [0.2, 0.25) is 0 Å². The summed E-state index contributed by atoms with van der Waals surface area (Å²) in [4.78, 5) is 42.4. The Kier molecular flexibility index (Phi) is 19.2. The Morgan fingerprint density at radius 3 is 1.89 bits per heavy atom. The molecule has 6 aromatic carbocycles. The van der Waals surface area contributed by atoms with Crippen LogP contribution in [-0.4, -0.2) is 85.8 Å². The third kappa shape index (κ3) is 14.4. The van der Waals surface area contributed by atoms with Crippen molar-refractivity contribution in [1.29, 1.82) is 0 Å². The molecule has 73 heavy (non-hydrogen) atoms. The van der Waals surface area contributed by atoms with Crippen LogP contribution in [0.3, 0.4) is 0 Å². The highest BCUT2D eigenvalue weighted by Gasteiger charge is 2.53. The lowest BCUT2D eigenvalue weighted by Crippen LogP contribution is -2.55. The molecule has 2 fully saturated rings. The van der Waals surface area contributed by atoms with Gasteiger partial charge in [0.1, 0.15) is 19.3 Å². The second-order valence-electron chi connectivity index (χ2n) is 19.3. The lowest BCUT2D eigenvalue weighted by molar-refractivity contribution is -0.297. The van der Waals surface area contributed by atoms with E-state index in [1.165, 1.54) is 0 Å². The molecule has 12 nitrogen and oxygen atoms in total. The van der Waals surface area contributed by atoms with Gasteiger partial charge in [0.15, 0.2) is 18.7 Å². The minimum Gasteiger partial charge on any atom is -0.459 e. The molecule has 384 valence electrons. The molecule has 0 radical (unpaired) electrons. The summed E-state index contributed by atoms with van der Waals surface area (Å²) in [6, 6.07) is 51.8. The van der Waals surface area contributed by atoms with Gasteiger partial charge in [0, 0.05) is 31.5 Å². The molecule has 6 aromatic rings. The number of nitrogens with zero attached hydrogens (tertiary/aromatic N) is 1. The van der Waals surface area contributed by atoms with Crippen molar-refractivity contribution in [3.63, 3.8) is 0 Å². The zero-order valence-corrected chi connectivity index (χ0v) is 42.4. The summed E-state index contributed by atoms with van der Waals surface area (Å²) in [6.45, 7) is 9.95. The Morgan fingerprint density at radius 1 is 0.575 bits per heavy atom. The van der Waals surface area contributed by atoms with Crippen molar-refractivity contribution in [3.8, 4) is 0 Å². The first kappa shape index (κ1) is 52.9. The smallest absolute Gasteiger partial charge is 0.410 e. The van der Waals surface area contributed by atoms with Crippen molar-refractivity contribution in [3.05, 3.63) is 192 Å². The molecule has 0 spiro atoms. The van der Waals surface area contributed by atoms with E-state index in [-0.39, 0.29) is 43.2 Å². The summed E-state index contributed by atoms with van der Waals surface area (Å²) < 4.78 is 52.1. The van der Waals surface area contributed by atoms with Crippen LogP contribution >= 0.6 is 0 Å². The molecule has 10 atom stereocenters. The van der Waals surface area contributed by atoms with Gasteiger partial charge in [0.2, 0.25) is 0 Å². The van der Waals surface area contributed by atoms with Crippen LogP contribution in [0.4, 0.5) is 4.79 Å². The molecule has 12 heteroatoms. The van der Waals surface area contributed by atoms with Gasteiger partial charge in [0.05, 0.1) is 36.0 Å². The van der Waals surface area contributed by atoms with Crippen LogP contribution in [-0.2, 0) is 57.7 Å². The molecule has 0 N–H and O–H groups in total. The quantitative estimate of drug-likeness (QED) is 0.0346. The number of carbonyl (C=O) groups excluding carboxylic acids is 3. The SMILES string of the molecule is CC[C@@H](C)C1OC(OCCCCCN(Cc2ccccc2)C(=O)OCc2ccccc2)C(OC(=O)c2ccccc2)C1OC1OC(COC(=O)c2ccccc2)C(C)C(OCc2ccc3ccccc3c2)C1C. The second kappa shape index (κ2) is 26.5. The fourth-order valence-corrected chi connectivity index (χ4v) is 9.56. The van der Waals surface area contributed by atoms with Crippen LogP contribution in [0, 0.1) is 17.8 Å². The molecular formula is C61H69NO11. The topological polar surface area (TPSA) is 128 Å². The Bertz CT molecular complexity index is 2640. The van der Waals surface area contributed by atoms with E-state index in [1.54, 1.807) is 53.4 Å². The first-order valence-electron chi connectivity index (χ1n) is 25.8. The Morgan fingerprint density at radius 2 is 1.21 bits per heavy atom. The molecule has 2 saturated heterocycles. The van der Waals surface area contributed by atoms with Crippen LogP contribution in [0.5, 0.6) is 0 Å². The molecule has 1 amide bonds. The van der Waals surface area contributed by atoms with E-state index >= 15 is 0 Å². The van der Waals surface area contributed by atoms with Gasteiger partial charge in [-0.2, -0.15) is 0 Å². The molecule has 2 aliphatic heterocycles. The van der Waals surface area contributed by atoms with Gasteiger partial charge in [-0.3, -0.25) is 0 Å². The highest BCUT2D eigenvalue weighted by Crippen LogP contribution is 2.40. The van der Waals surface area contributed by atoms with Crippen molar-refractivity contribution < 1.29 is 52.3 Å². The third-order valence-electron chi connectivity index (χ3n) is 14.0. The second-order valence-corrected chi connectivity index (χ2v) is 19.3. The lowest BCUT2D eigenvalue weighted by atomic mass is 9.85. The van der Waals surface area contributed by atoms with Gasteiger partial charge in [-0.15, -0.1) is 0 Å². The molecular weight excluding hydrogens is 923 g/mol. The number of unbranched alkanes of at least 4 members (excludes halogenated alkanes) is 2. The van der Waals surface area contributed by atoms with Gasteiger partial charge in [-0.05, 0) is 83.0 Å². The highest BCUT2D eigenvalue weighted by molar-refractivity contribution is 5.90. The summed E-state index contributed by atoms with van der Waals surface area (Å²) in [6.07, 6.45) is -2.69. The fourth-order valence-electron chi connectivity index (χ4n) is 9.56. The number of hydrogen-bond donors (Lipinski definition) is 0. The van der Waals surface area contributed by atoms with Gasteiger partial charge in [-0.1, -0.05) is 168 Å². The van der Waals surface area contributed by atoms with E-state index in [1.807, 2.05) is 98.8 Å². The van der Waals surface area contributed by atoms with Crippen LogP contribution < -0.4 is 0 Å². The predicted octanol–water partition coefficient (Wildman–Crippen LogP) is 12.0. The van der Waals surface area contributed by atoms with E-state index in [0.29, 0.717) is 50.3 Å². The molecule has 2 heterocycles. The van der Waals surface area contributed by atoms with E-state index in [9.17, 15) is 14.4 Å². The van der Waals surface area contributed by atoms with Crippen molar-refractivity contribution in [2.75, 3.05) is 19.8 Å². The van der Waals surface area contributed by atoms with Gasteiger partial charge < -0.3 is 42.8 Å². The average molecular weight is 992 g/mol. The minimum absolute atomic E-state index is 0.0332. The summed E-state index contributed by atoms with van der Waals surface area (Å²) in [5.74, 6) is -1.56. The maximum Gasteiger partial charge on any atom is 0.410 e. The van der Waals surface area contributed by atoms with Crippen LogP contribution in [0.25, 0.3) is 10.8 Å². The molecule has 8 rings (SSSR count). The lowest BCUT2D eigenvalue weighted by Gasteiger charge is -2.45. The molecule has 9 unspecified atom stereocenters. The maximum atomic E-state index is 14.0. The standard InChI is InChI=1S/C61H69NO11/c1-5-42(2)53-55(73-59-44(4)54(67-40-47-33-34-48-27-19-20-32-51(48)37-47)43(3)52(70-59)41-68-57(63)49-28-15-8-16-29-49)56(71-58(64)50-30-17-9-18-31-50)60(72-53)66-36-22-10-21-35-62(38-45-23-11-6-12-24-45)61(65)69-39-46-25-13-7-14-26-46/h6-9,11-20,23-34,37,42-44,52-56,59-60H,5,10,21-22,35-36,38-41H2,1-4H3/t42-,43?,44?,52?,53?,54?,55?,56?,59?,60?/m1/s1. The Hall–Kier alpha value is -6.41. The zero-order valence-electron chi connectivity index (χ0n) is 42.4. The number of rotatable bonds is 23. The first-order valence-corrected chi connectivity index (χ1v) is 25.8. The third-order valence-corrected chi connectivity index (χ3v) is 14.0. The number of benzene rings is 6. The van der Waals surface area contributed by atoms with E-state index < -0.39 is 48.9 Å². The molecule has 0 aliphatic carbocycles. The molecule has 2 aliphatic rings. The fraction of sp³-hybridized carbons (Fsp3) is 0.393. The first-order chi connectivity index (χ1) is 35.6. The summed E-state index contributed by atoms with van der Waals surface area (Å²) in [5.41, 5.74) is 3.78. The van der Waals surface area contributed by atoms with Crippen molar-refractivity contribution >= 4 is 28.8 Å². The van der Waals surface area contributed by atoms with Crippen molar-refractivity contribution in [1.82, 2.24) is 4.90 Å². The zero-order chi connectivity index (χ0) is 50.9. The minimum atomic E-state index is -0.978. The molecule has 0 bridgehead atoms. The van der Waals surface area contributed by atoms with Crippen molar-refractivity contribution in [2.24, 2.45) is 17.8 Å². The van der Waals surface area contributed by atoms with Crippen molar-refractivity contribution in [2.45, 2.75) is 116 Å². The highest BCUT2D eigenvalue weighted by atomic mass is 16.8. The number of hydrogen-bond acceptors (Lipinski definition) is 11. The molecule has 0 saturated carbocycles. The predicted molar refractivity (Wildman–Crippen MR) is 278 cm³/mol. The summed E-state index contributed by atoms with van der Waals surface area (Å²) in [7, 11) is 0. The number of fused-ring (bicyclic) bond motifs is 1. The van der Waals surface area contributed by atoms with Crippen LogP contribution in [0.1, 0.15) is 90.8 Å².